The Balaban J connectivity index is 1.34. The average Bonchev–Trinajstić information content (AvgIpc) is 3.26. The summed E-state index contributed by atoms with van der Waals surface area (Å²) in [4.78, 5) is 3.17. The van der Waals surface area contributed by atoms with E-state index in [2.05, 4.69) is 48.7 Å². The first-order chi connectivity index (χ1) is 16.4. The highest BCUT2D eigenvalue weighted by molar-refractivity contribution is 9.11. The molecule has 1 aliphatic heterocycles. The number of aromatic nitrogens is 1. The number of aliphatic hydroxyl groups is 3. The Morgan fingerprint density at radius 3 is 2.53 bits per heavy atom. The molecule has 7 nitrogen and oxygen atoms in total. The van der Waals surface area contributed by atoms with E-state index < -0.39 is 30.5 Å². The van der Waals surface area contributed by atoms with Crippen molar-refractivity contribution in [3.63, 3.8) is 0 Å². The molecule has 0 amide bonds. The molecule has 1 saturated carbocycles. The molecule has 2 heterocycles. The number of aliphatic hydroxyl groups excluding tert-OH is 3. The lowest BCUT2D eigenvalue weighted by molar-refractivity contribution is -0.260. The first-order valence-electron chi connectivity index (χ1n) is 11.8. The maximum atomic E-state index is 10.5. The lowest BCUT2D eigenvalue weighted by atomic mass is 9.91. The summed E-state index contributed by atoms with van der Waals surface area (Å²) in [5.74, 6) is 9.15. The Labute approximate surface area is 215 Å². The number of hydrogen-bond donors (Lipinski definition) is 4. The van der Waals surface area contributed by atoms with Crippen LogP contribution in [-0.2, 0) is 4.74 Å². The second kappa shape index (κ2) is 10.00. The van der Waals surface area contributed by atoms with Gasteiger partial charge in [-0.05, 0) is 68.5 Å². The number of hydrogen-bond acceptors (Lipinski definition) is 6. The molecular formula is C25H29Br2NO6. The molecule has 8 atom stereocenters. The SMILES string of the molecule is C[C@H]1[C@H](O)[C@@H](O)[C@H](Oc2c[nH]c3cc(Br)c(OCC4[C@H]5CCC#CCC[C@@H]45)c(Br)c23)O[C@@H]1CO. The number of fused-ring (bicyclic) bond motifs is 2. The highest BCUT2D eigenvalue weighted by Gasteiger charge is 2.49. The zero-order valence-corrected chi connectivity index (χ0v) is 22.0. The van der Waals surface area contributed by atoms with Crippen LogP contribution in [0, 0.1) is 35.5 Å². The van der Waals surface area contributed by atoms with E-state index >= 15 is 0 Å². The molecule has 1 saturated heterocycles. The summed E-state index contributed by atoms with van der Waals surface area (Å²) in [7, 11) is 0. The summed E-state index contributed by atoms with van der Waals surface area (Å²) < 4.78 is 19.6. The number of aromatic amines is 1. The minimum Gasteiger partial charge on any atom is -0.491 e. The van der Waals surface area contributed by atoms with Gasteiger partial charge in [-0.25, -0.2) is 0 Å². The molecule has 1 aromatic carbocycles. The molecule has 9 heteroatoms. The number of ether oxygens (including phenoxy) is 3. The van der Waals surface area contributed by atoms with E-state index in [0.717, 1.165) is 45.5 Å². The van der Waals surface area contributed by atoms with E-state index in [0.29, 0.717) is 35.9 Å². The van der Waals surface area contributed by atoms with E-state index in [1.807, 2.05) is 6.07 Å². The maximum Gasteiger partial charge on any atom is 0.229 e. The molecule has 5 rings (SSSR count). The molecule has 2 fully saturated rings. The minimum absolute atomic E-state index is 0.275. The summed E-state index contributed by atoms with van der Waals surface area (Å²) >= 11 is 7.32. The molecule has 2 aromatic rings. The number of benzene rings is 1. The van der Waals surface area contributed by atoms with Crippen LogP contribution in [0.4, 0.5) is 0 Å². The van der Waals surface area contributed by atoms with Crippen molar-refractivity contribution >= 4 is 42.8 Å². The average molecular weight is 599 g/mol. The Kier molecular flexibility index (Phi) is 7.18. The van der Waals surface area contributed by atoms with E-state index in [1.54, 1.807) is 13.1 Å². The summed E-state index contributed by atoms with van der Waals surface area (Å²) in [6.07, 6.45) is 1.85. The van der Waals surface area contributed by atoms with Crippen LogP contribution >= 0.6 is 31.9 Å². The molecule has 34 heavy (non-hydrogen) atoms. The maximum absolute atomic E-state index is 10.5. The smallest absolute Gasteiger partial charge is 0.229 e. The predicted molar refractivity (Wildman–Crippen MR) is 133 cm³/mol. The van der Waals surface area contributed by atoms with Gasteiger partial charge in [-0.1, -0.05) is 6.92 Å². The van der Waals surface area contributed by atoms with Crippen LogP contribution in [0.2, 0.25) is 0 Å². The van der Waals surface area contributed by atoms with Crippen molar-refractivity contribution in [1.29, 1.82) is 0 Å². The van der Waals surface area contributed by atoms with Gasteiger partial charge >= 0.3 is 0 Å². The fourth-order valence-corrected chi connectivity index (χ4v) is 6.90. The quantitative estimate of drug-likeness (QED) is 0.375. The summed E-state index contributed by atoms with van der Waals surface area (Å²) in [5, 5.41) is 31.2. The number of rotatable bonds is 6. The van der Waals surface area contributed by atoms with Gasteiger partial charge in [0.2, 0.25) is 6.29 Å². The van der Waals surface area contributed by atoms with Crippen LogP contribution in [0.3, 0.4) is 0 Å². The van der Waals surface area contributed by atoms with Crippen LogP contribution in [0.25, 0.3) is 10.9 Å². The van der Waals surface area contributed by atoms with Gasteiger partial charge in [0.25, 0.3) is 0 Å². The zero-order chi connectivity index (χ0) is 24.0. The number of halogens is 2. The fourth-order valence-electron chi connectivity index (χ4n) is 5.36. The summed E-state index contributed by atoms with van der Waals surface area (Å²) in [6.45, 7) is 2.09. The van der Waals surface area contributed by atoms with Crippen LogP contribution in [0.1, 0.15) is 32.6 Å². The van der Waals surface area contributed by atoms with Gasteiger partial charge in [0.05, 0.1) is 45.3 Å². The van der Waals surface area contributed by atoms with Crippen molar-refractivity contribution in [3.8, 4) is 23.3 Å². The number of nitrogens with one attached hydrogen (secondary N) is 1. The van der Waals surface area contributed by atoms with Crippen molar-refractivity contribution in [2.24, 2.45) is 23.7 Å². The van der Waals surface area contributed by atoms with Crippen LogP contribution in [0.5, 0.6) is 11.5 Å². The minimum atomic E-state index is -1.25. The molecule has 4 N–H and O–H groups in total. The predicted octanol–water partition coefficient (Wildman–Crippen LogP) is 3.97. The van der Waals surface area contributed by atoms with Crippen molar-refractivity contribution < 1.29 is 29.5 Å². The Morgan fingerprint density at radius 2 is 1.85 bits per heavy atom. The highest BCUT2D eigenvalue weighted by Crippen LogP contribution is 2.53. The molecule has 3 aliphatic rings. The van der Waals surface area contributed by atoms with E-state index in [-0.39, 0.29) is 6.61 Å². The van der Waals surface area contributed by atoms with E-state index in [4.69, 9.17) is 14.2 Å². The lowest BCUT2D eigenvalue weighted by Crippen LogP contribution is -2.56. The molecule has 0 bridgehead atoms. The third-order valence-electron chi connectivity index (χ3n) is 7.53. The van der Waals surface area contributed by atoms with Gasteiger partial charge in [-0.15, -0.1) is 11.8 Å². The van der Waals surface area contributed by atoms with Gasteiger partial charge in [-0.3, -0.25) is 0 Å². The van der Waals surface area contributed by atoms with E-state index in [9.17, 15) is 15.3 Å². The highest BCUT2D eigenvalue weighted by atomic mass is 79.9. The molecule has 0 spiro atoms. The van der Waals surface area contributed by atoms with Crippen molar-refractivity contribution in [1.82, 2.24) is 4.98 Å². The van der Waals surface area contributed by atoms with Crippen molar-refractivity contribution in [2.75, 3.05) is 13.2 Å². The second-order valence-corrected chi connectivity index (χ2v) is 11.1. The molecule has 184 valence electrons. The summed E-state index contributed by atoms with van der Waals surface area (Å²) in [6, 6.07) is 1.93. The van der Waals surface area contributed by atoms with Crippen LogP contribution < -0.4 is 9.47 Å². The first kappa shape index (κ1) is 24.4. The van der Waals surface area contributed by atoms with Crippen molar-refractivity contribution in [3.05, 3.63) is 21.2 Å². The fraction of sp³-hybridized carbons (Fsp3) is 0.600. The Bertz CT molecular complexity index is 1090. The lowest BCUT2D eigenvalue weighted by Gasteiger charge is -2.40. The van der Waals surface area contributed by atoms with Gasteiger partial charge in [0.15, 0.2) is 0 Å². The number of H-pyrrole nitrogens is 1. The van der Waals surface area contributed by atoms with Gasteiger partial charge in [0.1, 0.15) is 17.6 Å². The summed E-state index contributed by atoms with van der Waals surface area (Å²) in [5.41, 5.74) is 0.809. The largest absolute Gasteiger partial charge is 0.491 e. The monoisotopic (exact) mass is 597 g/mol. The molecule has 1 aromatic heterocycles. The molecule has 1 unspecified atom stereocenters. The Hall–Kier alpha value is -1.28. The van der Waals surface area contributed by atoms with E-state index in [1.165, 1.54) is 0 Å². The van der Waals surface area contributed by atoms with Gasteiger partial charge < -0.3 is 34.5 Å². The Morgan fingerprint density at radius 1 is 1.15 bits per heavy atom. The zero-order valence-electron chi connectivity index (χ0n) is 18.8. The third-order valence-corrected chi connectivity index (χ3v) is 8.87. The topological polar surface area (TPSA) is 104 Å². The first-order valence-corrected chi connectivity index (χ1v) is 13.4. The molecule has 2 aliphatic carbocycles. The second-order valence-electron chi connectivity index (χ2n) is 9.49. The van der Waals surface area contributed by atoms with Gasteiger partial charge in [0, 0.05) is 25.0 Å². The van der Waals surface area contributed by atoms with Crippen molar-refractivity contribution in [2.45, 2.75) is 57.2 Å². The normalized spacial score (nSPS) is 35.0. The van der Waals surface area contributed by atoms with Crippen LogP contribution in [0.15, 0.2) is 21.2 Å². The molecular weight excluding hydrogens is 570 g/mol. The molecule has 0 radical (unpaired) electrons. The van der Waals surface area contributed by atoms with Gasteiger partial charge in [-0.2, -0.15) is 0 Å². The third kappa shape index (κ3) is 4.49. The van der Waals surface area contributed by atoms with Crippen LogP contribution in [-0.4, -0.2) is 58.1 Å². The standard InChI is InChI=1S/C25H29Br2NO6/c1-12-19(10-29)34-25(23(31)22(12)30)33-18-9-28-17-8-16(26)24(21(27)20(17)18)32-11-15-13-6-4-2-3-5-7-14(13)15/h8-9,12-15,19,22-23,25,28-31H,4-7,10-11H2,1H3/t12-,13-,14+,15?,19-,22+,23-,25-/m1/s1.